The first-order chi connectivity index (χ1) is 9.84. The van der Waals surface area contributed by atoms with E-state index in [-0.39, 0.29) is 0 Å². The molecule has 2 N–H and O–H groups in total. The SMILES string of the molecule is OC(CNc1cccc2c1CCCC2)c1ccccc1. The normalized spacial score (nSPS) is 15.4. The van der Waals surface area contributed by atoms with E-state index < -0.39 is 6.10 Å². The number of rotatable bonds is 4. The monoisotopic (exact) mass is 267 g/mol. The summed E-state index contributed by atoms with van der Waals surface area (Å²) in [6.45, 7) is 0.556. The van der Waals surface area contributed by atoms with Crippen LogP contribution < -0.4 is 5.32 Å². The molecule has 1 unspecified atom stereocenters. The number of hydrogen-bond acceptors (Lipinski definition) is 2. The zero-order chi connectivity index (χ0) is 13.8. The van der Waals surface area contributed by atoms with Gasteiger partial charge in [-0.1, -0.05) is 42.5 Å². The summed E-state index contributed by atoms with van der Waals surface area (Å²) in [7, 11) is 0. The van der Waals surface area contributed by atoms with Crippen LogP contribution in [0.4, 0.5) is 5.69 Å². The number of hydrogen-bond donors (Lipinski definition) is 2. The van der Waals surface area contributed by atoms with E-state index in [1.54, 1.807) is 0 Å². The summed E-state index contributed by atoms with van der Waals surface area (Å²) in [5.41, 5.74) is 5.07. The largest absolute Gasteiger partial charge is 0.387 e. The third kappa shape index (κ3) is 2.86. The fourth-order valence-corrected chi connectivity index (χ4v) is 2.95. The van der Waals surface area contributed by atoms with Gasteiger partial charge in [-0.15, -0.1) is 0 Å². The van der Waals surface area contributed by atoms with Crippen LogP contribution in [0.25, 0.3) is 0 Å². The van der Waals surface area contributed by atoms with Gasteiger partial charge in [-0.25, -0.2) is 0 Å². The molecule has 0 bridgehead atoms. The molecule has 1 aliphatic rings. The molecule has 2 heteroatoms. The van der Waals surface area contributed by atoms with Gasteiger partial charge in [-0.05, 0) is 48.4 Å². The molecule has 20 heavy (non-hydrogen) atoms. The minimum atomic E-state index is -0.462. The maximum atomic E-state index is 10.2. The summed E-state index contributed by atoms with van der Waals surface area (Å²) < 4.78 is 0. The van der Waals surface area contributed by atoms with E-state index in [2.05, 4.69) is 23.5 Å². The van der Waals surface area contributed by atoms with E-state index >= 15 is 0 Å². The van der Waals surface area contributed by atoms with E-state index in [1.165, 1.54) is 36.1 Å². The lowest BCUT2D eigenvalue weighted by atomic mass is 9.90. The highest BCUT2D eigenvalue weighted by Crippen LogP contribution is 2.28. The molecule has 2 nitrogen and oxygen atoms in total. The highest BCUT2D eigenvalue weighted by molar-refractivity contribution is 5.55. The van der Waals surface area contributed by atoms with Crippen molar-refractivity contribution >= 4 is 5.69 Å². The minimum absolute atomic E-state index is 0.462. The highest BCUT2D eigenvalue weighted by atomic mass is 16.3. The van der Waals surface area contributed by atoms with Gasteiger partial charge >= 0.3 is 0 Å². The summed E-state index contributed by atoms with van der Waals surface area (Å²) >= 11 is 0. The number of aliphatic hydroxyl groups excluding tert-OH is 1. The van der Waals surface area contributed by atoms with Gasteiger partial charge in [0.25, 0.3) is 0 Å². The molecule has 0 saturated carbocycles. The van der Waals surface area contributed by atoms with Crippen molar-refractivity contribution in [3.63, 3.8) is 0 Å². The third-order valence-electron chi connectivity index (χ3n) is 4.07. The Kier molecular flexibility index (Phi) is 4.03. The van der Waals surface area contributed by atoms with Gasteiger partial charge < -0.3 is 10.4 Å². The number of aliphatic hydroxyl groups is 1. The van der Waals surface area contributed by atoms with E-state index in [1.807, 2.05) is 30.3 Å². The first-order valence-corrected chi connectivity index (χ1v) is 7.42. The van der Waals surface area contributed by atoms with Gasteiger partial charge in [0, 0.05) is 12.2 Å². The molecule has 2 aromatic rings. The Morgan fingerprint density at radius 3 is 2.60 bits per heavy atom. The van der Waals surface area contributed by atoms with E-state index in [0.29, 0.717) is 6.54 Å². The summed E-state index contributed by atoms with van der Waals surface area (Å²) in [6.07, 6.45) is 4.44. The zero-order valence-corrected chi connectivity index (χ0v) is 11.7. The standard InChI is InChI=1S/C18H21NO/c20-18(15-8-2-1-3-9-15)13-19-17-12-6-10-14-7-4-5-11-16(14)17/h1-3,6,8-10,12,18-20H,4-5,7,11,13H2. The Morgan fingerprint density at radius 2 is 1.75 bits per heavy atom. The highest BCUT2D eigenvalue weighted by Gasteiger charge is 2.13. The number of nitrogens with one attached hydrogen (secondary N) is 1. The fourth-order valence-electron chi connectivity index (χ4n) is 2.95. The van der Waals surface area contributed by atoms with Gasteiger partial charge in [0.2, 0.25) is 0 Å². The summed E-state index contributed by atoms with van der Waals surface area (Å²) in [6, 6.07) is 16.3. The lowest BCUT2D eigenvalue weighted by Gasteiger charge is -2.21. The summed E-state index contributed by atoms with van der Waals surface area (Å²) in [5.74, 6) is 0. The Morgan fingerprint density at radius 1 is 0.950 bits per heavy atom. The molecule has 0 spiro atoms. The van der Waals surface area contributed by atoms with Gasteiger partial charge in [-0.2, -0.15) is 0 Å². The smallest absolute Gasteiger partial charge is 0.0962 e. The van der Waals surface area contributed by atoms with Crippen molar-refractivity contribution in [3.05, 3.63) is 65.2 Å². The maximum Gasteiger partial charge on any atom is 0.0962 e. The summed E-state index contributed by atoms with van der Waals surface area (Å²) in [5, 5.41) is 13.6. The van der Waals surface area contributed by atoms with Gasteiger partial charge in [-0.3, -0.25) is 0 Å². The van der Waals surface area contributed by atoms with Crippen LogP contribution in [-0.2, 0) is 12.8 Å². The van der Waals surface area contributed by atoms with E-state index in [0.717, 1.165) is 12.0 Å². The van der Waals surface area contributed by atoms with Crippen LogP contribution in [0.1, 0.15) is 35.6 Å². The van der Waals surface area contributed by atoms with Crippen LogP contribution in [0.5, 0.6) is 0 Å². The second-order valence-electron chi connectivity index (χ2n) is 5.46. The van der Waals surface area contributed by atoms with Gasteiger partial charge in [0.05, 0.1) is 6.10 Å². The van der Waals surface area contributed by atoms with Crippen LogP contribution in [0, 0.1) is 0 Å². The molecule has 0 amide bonds. The van der Waals surface area contributed by atoms with Crippen molar-refractivity contribution in [1.29, 1.82) is 0 Å². The second kappa shape index (κ2) is 6.10. The van der Waals surface area contributed by atoms with Crippen molar-refractivity contribution in [2.24, 2.45) is 0 Å². The molecule has 2 aromatic carbocycles. The van der Waals surface area contributed by atoms with Crippen LogP contribution >= 0.6 is 0 Å². The molecule has 0 saturated heterocycles. The molecule has 104 valence electrons. The van der Waals surface area contributed by atoms with Crippen molar-refractivity contribution in [3.8, 4) is 0 Å². The molecule has 0 heterocycles. The molecule has 3 rings (SSSR count). The fraction of sp³-hybridized carbons (Fsp3) is 0.333. The Hall–Kier alpha value is -1.80. The number of anilines is 1. The van der Waals surface area contributed by atoms with Crippen molar-refractivity contribution in [1.82, 2.24) is 0 Å². The van der Waals surface area contributed by atoms with Gasteiger partial charge in [0.15, 0.2) is 0 Å². The second-order valence-corrected chi connectivity index (χ2v) is 5.46. The molecule has 0 fully saturated rings. The van der Waals surface area contributed by atoms with Crippen LogP contribution in [-0.4, -0.2) is 11.7 Å². The van der Waals surface area contributed by atoms with E-state index in [9.17, 15) is 5.11 Å². The molecule has 0 aromatic heterocycles. The Balaban J connectivity index is 1.70. The predicted octanol–water partition coefficient (Wildman–Crippen LogP) is 3.71. The van der Waals surface area contributed by atoms with E-state index in [4.69, 9.17) is 0 Å². The Bertz CT molecular complexity index is 565. The molecular weight excluding hydrogens is 246 g/mol. The van der Waals surface area contributed by atoms with Crippen LogP contribution in [0.2, 0.25) is 0 Å². The first kappa shape index (κ1) is 13.2. The lowest BCUT2D eigenvalue weighted by Crippen LogP contribution is -2.14. The number of aryl methyl sites for hydroxylation is 1. The van der Waals surface area contributed by atoms with Crippen molar-refractivity contribution in [2.45, 2.75) is 31.8 Å². The van der Waals surface area contributed by atoms with Crippen LogP contribution in [0.15, 0.2) is 48.5 Å². The van der Waals surface area contributed by atoms with Crippen molar-refractivity contribution < 1.29 is 5.11 Å². The average molecular weight is 267 g/mol. The number of fused-ring (bicyclic) bond motifs is 1. The molecule has 0 radical (unpaired) electrons. The first-order valence-electron chi connectivity index (χ1n) is 7.42. The predicted molar refractivity (Wildman–Crippen MR) is 83.0 cm³/mol. The average Bonchev–Trinajstić information content (AvgIpc) is 2.53. The maximum absolute atomic E-state index is 10.2. The van der Waals surface area contributed by atoms with Gasteiger partial charge in [0.1, 0.15) is 0 Å². The Labute approximate surface area is 120 Å². The minimum Gasteiger partial charge on any atom is -0.387 e. The lowest BCUT2D eigenvalue weighted by molar-refractivity contribution is 0.191. The molecule has 0 aliphatic heterocycles. The molecule has 1 aliphatic carbocycles. The topological polar surface area (TPSA) is 32.3 Å². The third-order valence-corrected chi connectivity index (χ3v) is 4.07. The number of benzene rings is 2. The van der Waals surface area contributed by atoms with Crippen LogP contribution in [0.3, 0.4) is 0 Å². The van der Waals surface area contributed by atoms with Crippen molar-refractivity contribution in [2.75, 3.05) is 11.9 Å². The zero-order valence-electron chi connectivity index (χ0n) is 11.7. The summed E-state index contributed by atoms with van der Waals surface area (Å²) in [4.78, 5) is 0. The molecule has 1 atom stereocenters. The quantitative estimate of drug-likeness (QED) is 0.885. The molecular formula is C18H21NO.